The number of carbonyl (C=O) groups is 1. The minimum absolute atomic E-state index is 0.402. The van der Waals surface area contributed by atoms with Gasteiger partial charge in [0, 0.05) is 38.3 Å². The highest BCUT2D eigenvalue weighted by atomic mass is 19.1. The average Bonchev–Trinajstić information content (AvgIpc) is 2.68. The van der Waals surface area contributed by atoms with Gasteiger partial charge in [0.15, 0.2) is 0 Å². The summed E-state index contributed by atoms with van der Waals surface area (Å²) in [7, 11) is 3.22. The van der Waals surface area contributed by atoms with Crippen molar-refractivity contribution in [3.05, 3.63) is 59.2 Å². The minimum atomic E-state index is -0.830. The van der Waals surface area contributed by atoms with Crippen LogP contribution in [0.2, 0.25) is 0 Å². The van der Waals surface area contributed by atoms with Crippen LogP contribution in [0.15, 0.2) is 36.4 Å². The zero-order valence-electron chi connectivity index (χ0n) is 15.4. The molecule has 0 aromatic heterocycles. The Morgan fingerprint density at radius 1 is 1.00 bits per heavy atom. The van der Waals surface area contributed by atoms with Gasteiger partial charge in [-0.3, -0.25) is 9.69 Å². The highest BCUT2D eigenvalue weighted by molar-refractivity contribution is 5.94. The molecule has 2 aromatic carbocycles. The Morgan fingerprint density at radius 3 is 2.26 bits per heavy atom. The summed E-state index contributed by atoms with van der Waals surface area (Å²) in [5.74, 6) is -0.756. The topological polar surface area (TPSA) is 42.0 Å². The van der Waals surface area contributed by atoms with Crippen LogP contribution in [-0.2, 0) is 6.54 Å². The highest BCUT2D eigenvalue weighted by Crippen LogP contribution is 2.26. The lowest BCUT2D eigenvalue weighted by atomic mass is 10.1. The summed E-state index contributed by atoms with van der Waals surface area (Å²) in [5, 5.41) is 0. The molecule has 144 valence electrons. The van der Waals surface area contributed by atoms with Crippen molar-refractivity contribution in [3.63, 3.8) is 0 Å². The summed E-state index contributed by atoms with van der Waals surface area (Å²) < 4.78 is 38.4. The third-order valence-electron chi connectivity index (χ3n) is 4.72. The van der Waals surface area contributed by atoms with E-state index in [9.17, 15) is 13.6 Å². The van der Waals surface area contributed by atoms with Gasteiger partial charge in [-0.25, -0.2) is 8.78 Å². The molecule has 3 rings (SSSR count). The molecule has 1 fully saturated rings. The van der Waals surface area contributed by atoms with E-state index in [1.54, 1.807) is 14.2 Å². The first-order valence-corrected chi connectivity index (χ1v) is 8.70. The summed E-state index contributed by atoms with van der Waals surface area (Å²) in [5.41, 5.74) is 0.497. The number of benzene rings is 2. The van der Waals surface area contributed by atoms with Crippen LogP contribution in [0.4, 0.5) is 8.78 Å². The van der Waals surface area contributed by atoms with E-state index in [2.05, 4.69) is 4.90 Å². The maximum atomic E-state index is 13.9. The van der Waals surface area contributed by atoms with Gasteiger partial charge >= 0.3 is 0 Å². The Hall–Kier alpha value is -2.67. The molecule has 0 unspecified atom stereocenters. The molecular weight excluding hydrogens is 354 g/mol. The molecule has 1 amide bonds. The van der Waals surface area contributed by atoms with Gasteiger partial charge < -0.3 is 14.4 Å². The number of halogens is 2. The predicted molar refractivity (Wildman–Crippen MR) is 97.1 cm³/mol. The molecule has 1 aliphatic heterocycles. The largest absolute Gasteiger partial charge is 0.497 e. The molecule has 27 heavy (non-hydrogen) atoms. The van der Waals surface area contributed by atoms with Crippen molar-refractivity contribution in [2.75, 3.05) is 40.4 Å². The molecule has 0 bridgehead atoms. The van der Waals surface area contributed by atoms with Crippen LogP contribution in [0.5, 0.6) is 11.5 Å². The second-order valence-corrected chi connectivity index (χ2v) is 6.34. The second-order valence-electron chi connectivity index (χ2n) is 6.34. The lowest BCUT2D eigenvalue weighted by molar-refractivity contribution is 0.0618. The van der Waals surface area contributed by atoms with E-state index in [0.717, 1.165) is 29.2 Å². The number of carbonyl (C=O) groups excluding carboxylic acids is 1. The molecule has 1 heterocycles. The number of methoxy groups -OCH3 is 2. The Labute approximate surface area is 157 Å². The fourth-order valence-corrected chi connectivity index (χ4v) is 3.22. The zero-order valence-corrected chi connectivity index (χ0v) is 15.4. The van der Waals surface area contributed by atoms with Gasteiger partial charge in [-0.2, -0.15) is 0 Å². The quantitative estimate of drug-likeness (QED) is 0.805. The Morgan fingerprint density at radius 2 is 1.67 bits per heavy atom. The summed E-state index contributed by atoms with van der Waals surface area (Å²) in [6, 6.07) is 9.06. The Balaban J connectivity index is 1.65. The number of piperazine rings is 1. The van der Waals surface area contributed by atoms with E-state index in [1.165, 1.54) is 11.0 Å². The van der Waals surface area contributed by atoms with E-state index in [4.69, 9.17) is 9.47 Å². The molecule has 2 aromatic rings. The number of ether oxygens (including phenoxy) is 2. The number of nitrogens with zero attached hydrogens (tertiary/aromatic N) is 2. The minimum Gasteiger partial charge on any atom is -0.497 e. The van der Waals surface area contributed by atoms with Gasteiger partial charge in [0.1, 0.15) is 28.7 Å². The van der Waals surface area contributed by atoms with Crippen LogP contribution in [0.3, 0.4) is 0 Å². The number of hydrogen-bond donors (Lipinski definition) is 0. The average molecular weight is 376 g/mol. The predicted octanol–water partition coefficient (Wildman–Crippen LogP) is 2.94. The maximum Gasteiger partial charge on any atom is 0.259 e. The van der Waals surface area contributed by atoms with Gasteiger partial charge in [-0.1, -0.05) is 6.07 Å². The third-order valence-corrected chi connectivity index (χ3v) is 4.72. The second kappa shape index (κ2) is 8.35. The molecule has 0 spiro atoms. The molecule has 0 saturated carbocycles. The lowest BCUT2D eigenvalue weighted by Gasteiger charge is -2.35. The van der Waals surface area contributed by atoms with Gasteiger partial charge in [0.25, 0.3) is 5.91 Å². The molecule has 1 aliphatic rings. The van der Waals surface area contributed by atoms with Crippen molar-refractivity contribution in [2.24, 2.45) is 0 Å². The first-order valence-electron chi connectivity index (χ1n) is 8.70. The van der Waals surface area contributed by atoms with Gasteiger partial charge in [0.05, 0.1) is 14.2 Å². The smallest absolute Gasteiger partial charge is 0.259 e. The number of hydrogen-bond acceptors (Lipinski definition) is 4. The molecule has 0 radical (unpaired) electrons. The molecule has 7 heteroatoms. The van der Waals surface area contributed by atoms with Gasteiger partial charge in [-0.05, 0) is 30.3 Å². The van der Waals surface area contributed by atoms with Crippen LogP contribution in [0.1, 0.15) is 15.9 Å². The van der Waals surface area contributed by atoms with Crippen molar-refractivity contribution >= 4 is 5.91 Å². The first kappa shape index (κ1) is 19.1. The van der Waals surface area contributed by atoms with Crippen molar-refractivity contribution < 1.29 is 23.0 Å². The van der Waals surface area contributed by atoms with E-state index < -0.39 is 23.1 Å². The highest BCUT2D eigenvalue weighted by Gasteiger charge is 2.26. The summed E-state index contributed by atoms with van der Waals surface area (Å²) in [6.07, 6.45) is 0. The SMILES string of the molecule is COc1ccc(OC)c(CN2CCN(C(=O)c3c(F)cccc3F)CC2)c1. The van der Waals surface area contributed by atoms with Crippen LogP contribution in [0, 0.1) is 11.6 Å². The number of amides is 1. The normalized spacial score (nSPS) is 14.9. The number of rotatable bonds is 5. The fraction of sp³-hybridized carbons (Fsp3) is 0.350. The fourth-order valence-electron chi connectivity index (χ4n) is 3.22. The monoisotopic (exact) mass is 376 g/mol. The molecule has 1 saturated heterocycles. The molecule has 0 aliphatic carbocycles. The molecule has 0 atom stereocenters. The lowest BCUT2D eigenvalue weighted by Crippen LogP contribution is -2.48. The van der Waals surface area contributed by atoms with Crippen LogP contribution >= 0.6 is 0 Å². The summed E-state index contributed by atoms with van der Waals surface area (Å²) in [6.45, 7) is 2.64. The Bertz CT molecular complexity index is 801. The van der Waals surface area contributed by atoms with Crippen LogP contribution in [-0.4, -0.2) is 56.1 Å². The van der Waals surface area contributed by atoms with Crippen molar-refractivity contribution in [3.8, 4) is 11.5 Å². The van der Waals surface area contributed by atoms with Crippen LogP contribution < -0.4 is 9.47 Å². The van der Waals surface area contributed by atoms with E-state index in [1.807, 2.05) is 18.2 Å². The van der Waals surface area contributed by atoms with Crippen molar-refractivity contribution in [1.29, 1.82) is 0 Å². The zero-order chi connectivity index (χ0) is 19.4. The standard InChI is InChI=1S/C20H22F2N2O3/c1-26-15-6-7-18(27-2)14(12-15)13-23-8-10-24(11-9-23)20(25)19-16(21)4-3-5-17(19)22/h3-7,12H,8-11,13H2,1-2H3. The Kier molecular flexibility index (Phi) is 5.91. The van der Waals surface area contributed by atoms with Crippen LogP contribution in [0.25, 0.3) is 0 Å². The van der Waals surface area contributed by atoms with E-state index in [-0.39, 0.29) is 0 Å². The molecular formula is C20H22F2N2O3. The molecule has 0 N–H and O–H groups in total. The van der Waals surface area contributed by atoms with E-state index >= 15 is 0 Å². The van der Waals surface area contributed by atoms with E-state index in [0.29, 0.717) is 32.7 Å². The van der Waals surface area contributed by atoms with Gasteiger partial charge in [-0.15, -0.1) is 0 Å². The van der Waals surface area contributed by atoms with Crippen molar-refractivity contribution in [2.45, 2.75) is 6.54 Å². The first-order chi connectivity index (χ1) is 13.0. The maximum absolute atomic E-state index is 13.9. The molecule has 5 nitrogen and oxygen atoms in total. The van der Waals surface area contributed by atoms with Gasteiger partial charge in [0.2, 0.25) is 0 Å². The van der Waals surface area contributed by atoms with Crippen molar-refractivity contribution in [1.82, 2.24) is 9.80 Å². The summed E-state index contributed by atoms with van der Waals surface area (Å²) in [4.78, 5) is 16.1. The third kappa shape index (κ3) is 4.19. The summed E-state index contributed by atoms with van der Waals surface area (Å²) >= 11 is 0.